The normalized spacial score (nSPS) is 15.8. The van der Waals surface area contributed by atoms with Crippen LogP contribution in [0.25, 0.3) is 0 Å². The van der Waals surface area contributed by atoms with Gasteiger partial charge in [0.15, 0.2) is 0 Å². The van der Waals surface area contributed by atoms with Gasteiger partial charge in [0.2, 0.25) is 5.91 Å². The van der Waals surface area contributed by atoms with Gasteiger partial charge in [0.1, 0.15) is 4.99 Å². The minimum absolute atomic E-state index is 0.0277. The summed E-state index contributed by atoms with van der Waals surface area (Å²) in [6.45, 7) is 1.80. The zero-order valence-electron chi connectivity index (χ0n) is 8.64. The van der Waals surface area contributed by atoms with Crippen LogP contribution in [0.2, 0.25) is 0 Å². The summed E-state index contributed by atoms with van der Waals surface area (Å²) in [4.78, 5) is 17.5. The highest BCUT2D eigenvalue weighted by atomic mass is 32.1. The van der Waals surface area contributed by atoms with Gasteiger partial charge in [-0.25, -0.2) is 0 Å². The molecule has 6 heteroatoms. The van der Waals surface area contributed by atoms with Crippen LogP contribution in [0.15, 0.2) is 18.3 Å². The number of nitrogens with one attached hydrogen (secondary N) is 1. The first-order valence-electron chi connectivity index (χ1n) is 4.94. The molecule has 1 fully saturated rings. The summed E-state index contributed by atoms with van der Waals surface area (Å²) >= 11 is 4.86. The number of rotatable bonds is 2. The Morgan fingerprint density at radius 1 is 1.62 bits per heavy atom. The molecule has 0 radical (unpaired) electrons. The molecule has 1 aliphatic heterocycles. The fraction of sp³-hybridized carbons (Fsp3) is 0.300. The van der Waals surface area contributed by atoms with Gasteiger partial charge < -0.3 is 16.0 Å². The number of piperazine rings is 1. The molecule has 2 heterocycles. The second kappa shape index (κ2) is 4.44. The summed E-state index contributed by atoms with van der Waals surface area (Å²) in [5.74, 6) is 0.0277. The van der Waals surface area contributed by atoms with E-state index in [9.17, 15) is 4.79 Å². The molecule has 0 unspecified atom stereocenters. The van der Waals surface area contributed by atoms with Gasteiger partial charge in [0, 0.05) is 25.0 Å². The number of hydrogen-bond donors (Lipinski definition) is 2. The van der Waals surface area contributed by atoms with E-state index in [4.69, 9.17) is 18.0 Å². The van der Waals surface area contributed by atoms with E-state index in [-0.39, 0.29) is 10.9 Å². The monoisotopic (exact) mass is 236 g/mol. The van der Waals surface area contributed by atoms with Crippen LogP contribution in [-0.2, 0) is 4.79 Å². The lowest BCUT2D eigenvalue weighted by molar-refractivity contribution is -0.120. The van der Waals surface area contributed by atoms with E-state index in [2.05, 4.69) is 10.3 Å². The topological polar surface area (TPSA) is 71.2 Å². The Morgan fingerprint density at radius 2 is 2.44 bits per heavy atom. The highest BCUT2D eigenvalue weighted by Gasteiger charge is 2.16. The van der Waals surface area contributed by atoms with Gasteiger partial charge in [-0.15, -0.1) is 0 Å². The van der Waals surface area contributed by atoms with E-state index in [1.165, 1.54) is 0 Å². The van der Waals surface area contributed by atoms with Crippen LogP contribution in [0.1, 0.15) is 5.69 Å². The second-order valence-electron chi connectivity index (χ2n) is 3.54. The summed E-state index contributed by atoms with van der Waals surface area (Å²) < 4.78 is 0. The van der Waals surface area contributed by atoms with Crippen molar-refractivity contribution in [3.8, 4) is 0 Å². The number of pyridine rings is 1. The third-order valence-electron chi connectivity index (χ3n) is 2.40. The summed E-state index contributed by atoms with van der Waals surface area (Å²) in [5, 5.41) is 2.77. The molecule has 84 valence electrons. The van der Waals surface area contributed by atoms with Gasteiger partial charge in [-0.3, -0.25) is 9.78 Å². The molecule has 0 saturated carbocycles. The lowest BCUT2D eigenvalue weighted by Crippen LogP contribution is -2.47. The van der Waals surface area contributed by atoms with E-state index < -0.39 is 0 Å². The summed E-state index contributed by atoms with van der Waals surface area (Å²) in [6, 6.07) is 3.65. The van der Waals surface area contributed by atoms with Crippen LogP contribution < -0.4 is 16.0 Å². The number of aromatic nitrogens is 1. The van der Waals surface area contributed by atoms with Crippen molar-refractivity contribution in [3.05, 3.63) is 24.0 Å². The predicted molar refractivity (Wildman–Crippen MR) is 65.3 cm³/mol. The van der Waals surface area contributed by atoms with Crippen molar-refractivity contribution in [2.75, 3.05) is 24.5 Å². The standard InChI is InChI=1S/C10H12N4OS/c11-10(16)8-5-7(1-2-12-8)14-4-3-13-9(15)6-14/h1-2,5H,3-4,6H2,(H2,11,16)(H,13,15). The zero-order chi connectivity index (χ0) is 11.5. The van der Waals surface area contributed by atoms with Crippen molar-refractivity contribution in [2.45, 2.75) is 0 Å². The molecule has 1 aliphatic rings. The minimum Gasteiger partial charge on any atom is -0.388 e. The van der Waals surface area contributed by atoms with E-state index in [1.807, 2.05) is 11.0 Å². The SMILES string of the molecule is NC(=S)c1cc(N2CCNC(=O)C2)ccn1. The van der Waals surface area contributed by atoms with Crippen LogP contribution in [0, 0.1) is 0 Å². The summed E-state index contributed by atoms with van der Waals surface area (Å²) in [6.07, 6.45) is 1.65. The van der Waals surface area contributed by atoms with Crippen molar-refractivity contribution in [1.82, 2.24) is 10.3 Å². The lowest BCUT2D eigenvalue weighted by atomic mass is 10.2. The average Bonchev–Trinajstić information content (AvgIpc) is 2.29. The van der Waals surface area contributed by atoms with Gasteiger partial charge in [0.25, 0.3) is 0 Å². The Balaban J connectivity index is 2.22. The lowest BCUT2D eigenvalue weighted by Gasteiger charge is -2.28. The summed E-state index contributed by atoms with van der Waals surface area (Å²) in [5.41, 5.74) is 7.02. The maximum absolute atomic E-state index is 11.2. The Kier molecular flexibility index (Phi) is 3.00. The van der Waals surface area contributed by atoms with Crippen molar-refractivity contribution >= 4 is 28.8 Å². The molecule has 0 spiro atoms. The highest BCUT2D eigenvalue weighted by molar-refractivity contribution is 7.80. The number of carbonyl (C=O) groups excluding carboxylic acids is 1. The molecule has 5 nitrogen and oxygen atoms in total. The number of thiocarbonyl (C=S) groups is 1. The molecule has 1 amide bonds. The fourth-order valence-corrected chi connectivity index (χ4v) is 1.72. The van der Waals surface area contributed by atoms with Gasteiger partial charge in [-0.2, -0.15) is 0 Å². The van der Waals surface area contributed by atoms with Crippen molar-refractivity contribution in [2.24, 2.45) is 5.73 Å². The molecule has 2 rings (SSSR count). The second-order valence-corrected chi connectivity index (χ2v) is 3.97. The van der Waals surface area contributed by atoms with Crippen LogP contribution in [0.3, 0.4) is 0 Å². The third-order valence-corrected chi connectivity index (χ3v) is 2.61. The molecular weight excluding hydrogens is 224 g/mol. The molecule has 0 aliphatic carbocycles. The van der Waals surface area contributed by atoms with Crippen LogP contribution in [-0.4, -0.2) is 35.5 Å². The van der Waals surface area contributed by atoms with Crippen molar-refractivity contribution < 1.29 is 4.79 Å². The molecule has 0 bridgehead atoms. The Morgan fingerprint density at radius 3 is 3.12 bits per heavy atom. The molecule has 0 atom stereocenters. The van der Waals surface area contributed by atoms with Crippen molar-refractivity contribution in [1.29, 1.82) is 0 Å². The Hall–Kier alpha value is -1.69. The maximum atomic E-state index is 11.2. The van der Waals surface area contributed by atoms with Gasteiger partial charge >= 0.3 is 0 Å². The smallest absolute Gasteiger partial charge is 0.239 e. The number of carbonyl (C=O) groups is 1. The van der Waals surface area contributed by atoms with E-state index in [0.29, 0.717) is 18.8 Å². The van der Waals surface area contributed by atoms with Gasteiger partial charge in [0.05, 0.1) is 12.2 Å². The number of nitrogens with zero attached hydrogens (tertiary/aromatic N) is 2. The number of anilines is 1. The number of amides is 1. The van der Waals surface area contributed by atoms with Crippen molar-refractivity contribution in [3.63, 3.8) is 0 Å². The summed E-state index contributed by atoms with van der Waals surface area (Å²) in [7, 11) is 0. The number of nitrogens with two attached hydrogens (primary N) is 1. The number of hydrogen-bond acceptors (Lipinski definition) is 4. The highest BCUT2D eigenvalue weighted by Crippen LogP contribution is 2.15. The average molecular weight is 236 g/mol. The Bertz CT molecular complexity index is 435. The van der Waals surface area contributed by atoms with E-state index in [1.54, 1.807) is 12.3 Å². The van der Waals surface area contributed by atoms with Crippen LogP contribution in [0.5, 0.6) is 0 Å². The minimum atomic E-state index is 0.0277. The molecular formula is C10H12N4OS. The predicted octanol–water partition coefficient (Wildman–Crippen LogP) is -0.348. The molecule has 0 aromatic carbocycles. The Labute approximate surface area is 98.6 Å². The molecule has 16 heavy (non-hydrogen) atoms. The third kappa shape index (κ3) is 2.27. The maximum Gasteiger partial charge on any atom is 0.239 e. The largest absolute Gasteiger partial charge is 0.388 e. The first kappa shape index (κ1) is 10.8. The van der Waals surface area contributed by atoms with Crippen LogP contribution >= 0.6 is 12.2 Å². The first-order valence-corrected chi connectivity index (χ1v) is 5.35. The quantitative estimate of drug-likeness (QED) is 0.687. The molecule has 1 aromatic rings. The molecule has 3 N–H and O–H groups in total. The van der Waals surface area contributed by atoms with Gasteiger partial charge in [-0.1, -0.05) is 12.2 Å². The molecule has 1 saturated heterocycles. The fourth-order valence-electron chi connectivity index (χ4n) is 1.61. The van der Waals surface area contributed by atoms with Gasteiger partial charge in [-0.05, 0) is 12.1 Å². The molecule has 1 aromatic heterocycles. The first-order chi connectivity index (χ1) is 7.66. The van der Waals surface area contributed by atoms with E-state index >= 15 is 0 Å². The zero-order valence-corrected chi connectivity index (χ0v) is 9.46. The van der Waals surface area contributed by atoms with Crippen LogP contribution in [0.4, 0.5) is 5.69 Å². The van der Waals surface area contributed by atoms with E-state index in [0.717, 1.165) is 12.2 Å².